The minimum absolute atomic E-state index is 0.370. The Kier molecular flexibility index (Phi) is 6.65. The largest absolute Gasteiger partial charge is 0.394 e. The normalized spacial score (nSPS) is 29.7. The molecule has 0 spiro atoms. The van der Waals surface area contributed by atoms with Gasteiger partial charge in [0.15, 0.2) is 0 Å². The second kappa shape index (κ2) is 9.09. The summed E-state index contributed by atoms with van der Waals surface area (Å²) in [6, 6.07) is 1.12. The van der Waals surface area contributed by atoms with Crippen LogP contribution in [0.15, 0.2) is 39.4 Å². The second-order valence-electron chi connectivity index (χ2n) is 6.96. The monoisotopic (exact) mass is 515 g/mol. The zero-order valence-electron chi connectivity index (χ0n) is 16.2. The van der Waals surface area contributed by atoms with Crippen molar-refractivity contribution in [3.8, 4) is 0 Å². The van der Waals surface area contributed by atoms with E-state index in [0.29, 0.717) is 0 Å². The summed E-state index contributed by atoms with van der Waals surface area (Å²) in [5.74, 6) is 0. The maximum absolute atomic E-state index is 11.1. The molecule has 2 aromatic heterocycles. The Morgan fingerprint density at radius 2 is 2.13 bits per heavy atom. The molecule has 1 fully saturated rings. The second-order valence-corrected chi connectivity index (χ2v) is 10.1. The van der Waals surface area contributed by atoms with E-state index in [9.17, 15) is 15.3 Å². The molecule has 0 bridgehead atoms. The van der Waals surface area contributed by atoms with Crippen LogP contribution in [-0.4, -0.2) is 78.9 Å². The lowest BCUT2D eigenvalue weighted by Gasteiger charge is -2.46. The van der Waals surface area contributed by atoms with Crippen molar-refractivity contribution in [2.24, 2.45) is 0 Å². The number of rotatable bonds is 5. The maximum atomic E-state index is 11.1. The number of hydrazine groups is 2. The number of halogens is 1. The SMILES string of the molecule is Cc1nc(C2=CN(C3C(O)[C@@H](Sc4cncc(Br)c4)OC(CO)[C@@H]3O)N(C)N2)cs1. The van der Waals surface area contributed by atoms with Crippen LogP contribution in [-0.2, 0) is 4.74 Å². The van der Waals surface area contributed by atoms with Gasteiger partial charge >= 0.3 is 0 Å². The molecule has 162 valence electrons. The number of thioether (sulfide) groups is 1. The molecule has 4 heterocycles. The Balaban J connectivity index is 1.60. The van der Waals surface area contributed by atoms with E-state index in [0.717, 1.165) is 25.8 Å². The van der Waals surface area contributed by atoms with Crippen LogP contribution in [0.4, 0.5) is 0 Å². The Bertz CT molecular complexity index is 931. The molecule has 0 aromatic carbocycles. The number of thiazole rings is 1. The van der Waals surface area contributed by atoms with E-state index in [1.807, 2.05) is 18.4 Å². The molecule has 5 atom stereocenters. The number of nitrogens with one attached hydrogen (secondary N) is 1. The van der Waals surface area contributed by atoms with Gasteiger partial charge in [0.2, 0.25) is 0 Å². The van der Waals surface area contributed by atoms with Crippen LogP contribution in [0.5, 0.6) is 0 Å². The van der Waals surface area contributed by atoms with Crippen LogP contribution in [0.2, 0.25) is 0 Å². The molecular weight excluding hydrogens is 494 g/mol. The van der Waals surface area contributed by atoms with Gasteiger partial charge in [0.1, 0.15) is 35.5 Å². The third-order valence-corrected chi connectivity index (χ3v) is 7.20. The van der Waals surface area contributed by atoms with E-state index in [1.165, 1.54) is 11.8 Å². The van der Waals surface area contributed by atoms with Gasteiger partial charge in [-0.25, -0.2) is 4.98 Å². The quantitative estimate of drug-likeness (QED) is 0.462. The summed E-state index contributed by atoms with van der Waals surface area (Å²) in [7, 11) is 1.78. The van der Waals surface area contributed by atoms with Crippen molar-refractivity contribution in [1.82, 2.24) is 25.5 Å². The number of aromatic nitrogens is 2. The Morgan fingerprint density at radius 1 is 1.33 bits per heavy atom. The zero-order valence-corrected chi connectivity index (χ0v) is 19.4. The van der Waals surface area contributed by atoms with Crippen molar-refractivity contribution in [2.45, 2.75) is 41.6 Å². The minimum Gasteiger partial charge on any atom is -0.394 e. The fourth-order valence-corrected chi connectivity index (χ4v) is 5.66. The molecular formula is C18H22BrN5O4S2. The molecule has 0 aliphatic carbocycles. The number of aryl methyl sites for hydroxylation is 1. The van der Waals surface area contributed by atoms with Gasteiger partial charge in [-0.2, -0.15) is 0 Å². The predicted molar refractivity (Wildman–Crippen MR) is 117 cm³/mol. The molecule has 30 heavy (non-hydrogen) atoms. The van der Waals surface area contributed by atoms with Crippen molar-refractivity contribution in [2.75, 3.05) is 13.7 Å². The molecule has 4 N–H and O–H groups in total. The average molecular weight is 516 g/mol. The van der Waals surface area contributed by atoms with Crippen molar-refractivity contribution >= 4 is 44.7 Å². The fourth-order valence-electron chi connectivity index (χ4n) is 3.45. The highest BCUT2D eigenvalue weighted by Crippen LogP contribution is 2.37. The Morgan fingerprint density at radius 3 is 2.80 bits per heavy atom. The van der Waals surface area contributed by atoms with Gasteiger partial charge in [-0.15, -0.1) is 16.5 Å². The first-order valence-corrected chi connectivity index (χ1v) is 11.7. The molecule has 0 saturated carbocycles. The standard InChI is InChI=1S/C18H22BrN5O4S2/c1-9-21-13(8-29-9)12-6-24(23(2)22-12)15-16(26)14(7-25)28-18(17(15)27)30-11-3-10(19)4-20-5-11/h3-6,8,14-18,22,25-27H,7H2,1-2H3/t14?,15?,16-,17?,18+/m0/s1. The highest BCUT2D eigenvalue weighted by Gasteiger charge is 2.49. The number of hydrogen-bond donors (Lipinski definition) is 4. The van der Waals surface area contributed by atoms with Crippen LogP contribution in [0.3, 0.4) is 0 Å². The first-order valence-electron chi connectivity index (χ1n) is 9.20. The number of nitrogens with zero attached hydrogens (tertiary/aromatic N) is 4. The van der Waals surface area contributed by atoms with Gasteiger partial charge in [-0.3, -0.25) is 15.4 Å². The Hall–Kier alpha value is -1.25. The van der Waals surface area contributed by atoms with Crippen molar-refractivity contribution in [3.05, 3.63) is 45.2 Å². The molecule has 2 aliphatic heterocycles. The number of hydrogen-bond acceptors (Lipinski definition) is 11. The molecule has 12 heteroatoms. The van der Waals surface area contributed by atoms with Crippen LogP contribution < -0.4 is 5.43 Å². The van der Waals surface area contributed by atoms with Crippen LogP contribution in [0.25, 0.3) is 5.70 Å². The minimum atomic E-state index is -1.11. The number of pyridine rings is 1. The molecule has 2 aromatic rings. The fraction of sp³-hybridized carbons (Fsp3) is 0.444. The van der Waals surface area contributed by atoms with Gasteiger partial charge in [0.05, 0.1) is 17.3 Å². The summed E-state index contributed by atoms with van der Waals surface area (Å²) in [6.45, 7) is 1.56. The van der Waals surface area contributed by atoms with E-state index in [2.05, 4.69) is 31.3 Å². The average Bonchev–Trinajstić information content (AvgIpc) is 3.30. The molecule has 1 saturated heterocycles. The smallest absolute Gasteiger partial charge is 0.136 e. The predicted octanol–water partition coefficient (Wildman–Crippen LogP) is 1.17. The lowest BCUT2D eigenvalue weighted by atomic mass is 9.97. The van der Waals surface area contributed by atoms with Crippen LogP contribution >= 0.6 is 39.0 Å². The number of ether oxygens (including phenoxy) is 1. The van der Waals surface area contributed by atoms with E-state index in [4.69, 9.17) is 4.74 Å². The first kappa shape index (κ1) is 22.0. The van der Waals surface area contributed by atoms with Crippen molar-refractivity contribution in [1.29, 1.82) is 0 Å². The van der Waals surface area contributed by atoms with Crippen LogP contribution in [0.1, 0.15) is 10.7 Å². The Labute approximate surface area is 190 Å². The first-order chi connectivity index (χ1) is 14.4. The zero-order chi connectivity index (χ0) is 21.4. The summed E-state index contributed by atoms with van der Waals surface area (Å²) in [5, 5.41) is 38.0. The highest BCUT2D eigenvalue weighted by molar-refractivity contribution is 9.10. The lowest BCUT2D eigenvalue weighted by molar-refractivity contribution is -0.208. The van der Waals surface area contributed by atoms with Gasteiger partial charge in [0, 0.05) is 40.4 Å². The summed E-state index contributed by atoms with van der Waals surface area (Å²) in [5.41, 5.74) is 4.03. The van der Waals surface area contributed by atoms with E-state index < -0.39 is 29.8 Å². The summed E-state index contributed by atoms with van der Waals surface area (Å²) < 4.78 is 6.62. The number of aliphatic hydroxyl groups is 3. The molecule has 4 rings (SSSR count). The summed E-state index contributed by atoms with van der Waals surface area (Å²) in [4.78, 5) is 9.41. The third kappa shape index (κ3) is 4.36. The van der Waals surface area contributed by atoms with Crippen LogP contribution in [0, 0.1) is 6.92 Å². The third-order valence-electron chi connectivity index (χ3n) is 4.87. The van der Waals surface area contributed by atoms with E-state index in [1.54, 1.807) is 47.1 Å². The van der Waals surface area contributed by atoms with Gasteiger partial charge < -0.3 is 20.1 Å². The van der Waals surface area contributed by atoms with Gasteiger partial charge in [0.25, 0.3) is 0 Å². The topological polar surface area (TPSA) is 114 Å². The molecule has 0 radical (unpaired) electrons. The van der Waals surface area contributed by atoms with Gasteiger partial charge in [-0.05, 0) is 28.9 Å². The lowest BCUT2D eigenvalue weighted by Crippen LogP contribution is -2.65. The van der Waals surface area contributed by atoms with Crippen molar-refractivity contribution in [3.63, 3.8) is 0 Å². The molecule has 2 aliphatic rings. The number of aliphatic hydroxyl groups excluding tert-OH is 3. The van der Waals surface area contributed by atoms with Crippen molar-refractivity contribution < 1.29 is 20.1 Å². The molecule has 9 nitrogen and oxygen atoms in total. The molecule has 3 unspecified atom stereocenters. The maximum Gasteiger partial charge on any atom is 0.136 e. The summed E-state index contributed by atoms with van der Waals surface area (Å²) in [6.07, 6.45) is 2.13. The van der Waals surface area contributed by atoms with E-state index >= 15 is 0 Å². The highest BCUT2D eigenvalue weighted by atomic mass is 79.9. The van der Waals surface area contributed by atoms with E-state index in [-0.39, 0.29) is 6.61 Å². The van der Waals surface area contributed by atoms with Gasteiger partial charge in [-0.1, -0.05) is 11.8 Å². The molecule has 0 amide bonds. The summed E-state index contributed by atoms with van der Waals surface area (Å²) >= 11 is 6.22.